The molecule has 4 aromatic rings. The number of amides is 2. The fourth-order valence-corrected chi connectivity index (χ4v) is 6.49. The molecule has 0 spiro atoms. The Bertz CT molecular complexity index is 1550. The number of carbonyl (C=O) groups is 2. The molecule has 0 aliphatic heterocycles. The van der Waals surface area contributed by atoms with E-state index in [1.54, 1.807) is 9.80 Å². The van der Waals surface area contributed by atoms with Gasteiger partial charge in [-0.25, -0.2) is 0 Å². The predicted octanol–water partition coefficient (Wildman–Crippen LogP) is 6.27. The van der Waals surface area contributed by atoms with Crippen molar-refractivity contribution in [2.75, 3.05) is 39.4 Å². The molecule has 0 saturated carbocycles. The van der Waals surface area contributed by atoms with Crippen LogP contribution in [0.25, 0.3) is 0 Å². The van der Waals surface area contributed by atoms with E-state index in [-0.39, 0.29) is 36.5 Å². The highest BCUT2D eigenvalue weighted by molar-refractivity contribution is 5.78. The van der Waals surface area contributed by atoms with Gasteiger partial charge in [0.05, 0.1) is 0 Å². The zero-order valence-electron chi connectivity index (χ0n) is 28.4. The number of phenolic OH excluding ortho intramolecular Hbond substituents is 2. The molecule has 8 heteroatoms. The summed E-state index contributed by atoms with van der Waals surface area (Å²) in [5.41, 5.74) is 6.20. The van der Waals surface area contributed by atoms with E-state index >= 15 is 0 Å². The first kappa shape index (κ1) is 34.4. The molecule has 0 aromatic heterocycles. The molecule has 0 atom stereocenters. The second-order valence-corrected chi connectivity index (χ2v) is 12.1. The quantitative estimate of drug-likeness (QED) is 0.185. The van der Waals surface area contributed by atoms with Crippen molar-refractivity contribution in [2.24, 2.45) is 0 Å². The number of fused-ring (bicyclic) bond motifs is 8. The van der Waals surface area contributed by atoms with Gasteiger partial charge in [-0.3, -0.25) is 9.59 Å². The molecular weight excluding hydrogens is 604 g/mol. The fraction of sp³-hybridized carbons (Fsp3) is 0.350. The van der Waals surface area contributed by atoms with E-state index in [0.717, 1.165) is 44.5 Å². The van der Waals surface area contributed by atoms with Crippen LogP contribution in [0.1, 0.15) is 72.2 Å². The van der Waals surface area contributed by atoms with Crippen LogP contribution in [0.5, 0.6) is 23.0 Å². The number of aromatic hydroxyl groups is 2. The van der Waals surface area contributed by atoms with Gasteiger partial charge in [0.15, 0.2) is 13.2 Å². The topological polar surface area (TPSA) is 99.5 Å². The maximum Gasteiger partial charge on any atom is 0.260 e. The molecule has 1 aliphatic rings. The predicted molar refractivity (Wildman–Crippen MR) is 187 cm³/mol. The number of hydrogen-bond acceptors (Lipinski definition) is 6. The van der Waals surface area contributed by atoms with Crippen molar-refractivity contribution in [3.05, 3.63) is 117 Å². The lowest BCUT2D eigenvalue weighted by atomic mass is 9.91. The Kier molecular flexibility index (Phi) is 11.3. The Morgan fingerprint density at radius 3 is 1.00 bits per heavy atom. The number of phenols is 2. The summed E-state index contributed by atoms with van der Waals surface area (Å²) < 4.78 is 12.6. The maximum atomic E-state index is 13.0. The third kappa shape index (κ3) is 7.59. The van der Waals surface area contributed by atoms with Gasteiger partial charge in [0.1, 0.15) is 23.0 Å². The lowest BCUT2D eigenvalue weighted by Gasteiger charge is -2.22. The van der Waals surface area contributed by atoms with Crippen LogP contribution in [-0.2, 0) is 35.3 Å². The van der Waals surface area contributed by atoms with Crippen LogP contribution in [0.2, 0.25) is 0 Å². The lowest BCUT2D eigenvalue weighted by molar-refractivity contribution is -0.133. The minimum Gasteiger partial charge on any atom is -0.507 e. The molecule has 1 aliphatic carbocycles. The Morgan fingerprint density at radius 2 is 0.750 bits per heavy atom. The highest BCUT2D eigenvalue weighted by Gasteiger charge is 2.22. The number of ether oxygens (including phenoxy) is 2. The van der Waals surface area contributed by atoms with E-state index < -0.39 is 0 Å². The van der Waals surface area contributed by atoms with E-state index in [0.29, 0.717) is 63.4 Å². The van der Waals surface area contributed by atoms with Gasteiger partial charge >= 0.3 is 0 Å². The molecule has 0 heterocycles. The first-order chi connectivity index (χ1) is 23.3. The standard InChI is InChI=1S/C40H46N2O6/c1-5-41(6-2)35(43)25-47-39-31-17-11-18-32(39)22-28-14-10-16-30(38(28)46)24-34-20-12-19-33(23-29-15-9-13-27(21-31)37(29)45)40(34)48-26-36(44)42(7-3)8-4/h9-20,45-46H,5-8,21-26H2,1-4H3. The van der Waals surface area contributed by atoms with Crippen molar-refractivity contribution >= 4 is 11.8 Å². The van der Waals surface area contributed by atoms with Crippen LogP contribution in [0.15, 0.2) is 72.8 Å². The number of benzene rings is 4. The van der Waals surface area contributed by atoms with Gasteiger partial charge in [0, 0.05) is 51.9 Å². The Morgan fingerprint density at radius 1 is 0.500 bits per heavy atom. The molecule has 5 rings (SSSR count). The Hall–Kier alpha value is -4.98. The van der Waals surface area contributed by atoms with Crippen LogP contribution < -0.4 is 9.47 Å². The Balaban J connectivity index is 1.61. The van der Waals surface area contributed by atoms with Crippen molar-refractivity contribution < 1.29 is 29.3 Å². The average molecular weight is 651 g/mol. The largest absolute Gasteiger partial charge is 0.507 e. The van der Waals surface area contributed by atoms with Crippen molar-refractivity contribution in [1.29, 1.82) is 0 Å². The van der Waals surface area contributed by atoms with Crippen LogP contribution >= 0.6 is 0 Å². The zero-order chi connectivity index (χ0) is 34.2. The molecule has 0 unspecified atom stereocenters. The third-order valence-electron chi connectivity index (χ3n) is 9.20. The third-order valence-corrected chi connectivity index (χ3v) is 9.20. The molecule has 0 saturated heterocycles. The second kappa shape index (κ2) is 15.7. The number of carbonyl (C=O) groups excluding carboxylic acids is 2. The van der Waals surface area contributed by atoms with Crippen LogP contribution in [0.4, 0.5) is 0 Å². The van der Waals surface area contributed by atoms with E-state index in [2.05, 4.69) is 0 Å². The number of para-hydroxylation sites is 4. The molecule has 48 heavy (non-hydrogen) atoms. The molecule has 8 nitrogen and oxygen atoms in total. The normalized spacial score (nSPS) is 12.2. The highest BCUT2D eigenvalue weighted by atomic mass is 16.5. The monoisotopic (exact) mass is 650 g/mol. The number of nitrogens with zero attached hydrogens (tertiary/aromatic N) is 2. The molecule has 2 N–H and O–H groups in total. The fourth-order valence-electron chi connectivity index (χ4n) is 6.49. The molecular formula is C40H46N2O6. The average Bonchev–Trinajstić information content (AvgIpc) is 3.08. The van der Waals surface area contributed by atoms with Gasteiger partial charge in [-0.1, -0.05) is 72.8 Å². The summed E-state index contributed by atoms with van der Waals surface area (Å²) in [6, 6.07) is 23.1. The Labute approximate surface area is 283 Å². The van der Waals surface area contributed by atoms with Gasteiger partial charge in [-0.2, -0.15) is 0 Å². The minimum atomic E-state index is -0.113. The lowest BCUT2D eigenvalue weighted by Crippen LogP contribution is -2.34. The maximum absolute atomic E-state index is 13.0. The van der Waals surface area contributed by atoms with Gasteiger partial charge < -0.3 is 29.5 Å². The van der Waals surface area contributed by atoms with Crippen molar-refractivity contribution in [2.45, 2.75) is 53.4 Å². The van der Waals surface area contributed by atoms with Gasteiger partial charge in [0.25, 0.3) is 11.8 Å². The van der Waals surface area contributed by atoms with Crippen molar-refractivity contribution in [1.82, 2.24) is 9.80 Å². The molecule has 2 amide bonds. The van der Waals surface area contributed by atoms with Gasteiger partial charge in [-0.05, 0) is 72.2 Å². The molecule has 0 radical (unpaired) electrons. The summed E-state index contributed by atoms with van der Waals surface area (Å²) in [7, 11) is 0. The second-order valence-electron chi connectivity index (χ2n) is 12.1. The van der Waals surface area contributed by atoms with Crippen molar-refractivity contribution in [3.8, 4) is 23.0 Å². The molecule has 0 fully saturated rings. The van der Waals surface area contributed by atoms with E-state index in [1.807, 2.05) is 100 Å². The molecule has 252 valence electrons. The summed E-state index contributed by atoms with van der Waals surface area (Å²) >= 11 is 0. The first-order valence-corrected chi connectivity index (χ1v) is 16.9. The zero-order valence-corrected chi connectivity index (χ0v) is 28.4. The minimum absolute atomic E-state index is 0.101. The molecule has 8 bridgehead atoms. The van der Waals surface area contributed by atoms with Crippen LogP contribution in [0, 0.1) is 0 Å². The summed E-state index contributed by atoms with van der Waals surface area (Å²) in [5.74, 6) is 1.32. The van der Waals surface area contributed by atoms with Gasteiger partial charge in [-0.15, -0.1) is 0 Å². The molecule has 4 aromatic carbocycles. The van der Waals surface area contributed by atoms with E-state index in [9.17, 15) is 19.8 Å². The van der Waals surface area contributed by atoms with E-state index in [4.69, 9.17) is 9.47 Å². The summed E-state index contributed by atoms with van der Waals surface area (Å²) in [6.07, 6.45) is 1.48. The van der Waals surface area contributed by atoms with Gasteiger partial charge in [0.2, 0.25) is 0 Å². The highest BCUT2D eigenvalue weighted by Crippen LogP contribution is 2.38. The first-order valence-electron chi connectivity index (χ1n) is 16.9. The number of rotatable bonds is 10. The smallest absolute Gasteiger partial charge is 0.260 e. The summed E-state index contributed by atoms with van der Waals surface area (Å²) in [4.78, 5) is 29.4. The van der Waals surface area contributed by atoms with E-state index in [1.165, 1.54) is 0 Å². The number of hydrogen-bond donors (Lipinski definition) is 2. The summed E-state index contributed by atoms with van der Waals surface area (Å²) in [5, 5.41) is 23.2. The number of likely N-dealkylation sites (N-methyl/N-ethyl adjacent to an activating group) is 2. The summed E-state index contributed by atoms with van der Waals surface area (Å²) in [6.45, 7) is 9.92. The SMILES string of the molecule is CCN(CC)C(=O)COc1c2cccc1Cc1cccc(c1O)Cc1cccc(c1OCC(=O)N(CC)CC)Cc1cccc(c1O)C2. The van der Waals surface area contributed by atoms with Crippen molar-refractivity contribution in [3.63, 3.8) is 0 Å². The van der Waals surface area contributed by atoms with Crippen LogP contribution in [0.3, 0.4) is 0 Å². The van der Waals surface area contributed by atoms with Crippen LogP contribution in [-0.4, -0.2) is 71.2 Å².